The maximum atomic E-state index is 11.1. The van der Waals surface area contributed by atoms with E-state index in [1.807, 2.05) is 12.1 Å². The number of carbonyl (C=O) groups is 1. The zero-order valence-electron chi connectivity index (χ0n) is 10.5. The van der Waals surface area contributed by atoms with Crippen LogP contribution in [0.25, 0.3) is 0 Å². The Morgan fingerprint density at radius 2 is 1.47 bits per heavy atom. The van der Waals surface area contributed by atoms with Crippen molar-refractivity contribution < 1.29 is 4.79 Å². The van der Waals surface area contributed by atoms with E-state index in [1.54, 1.807) is 0 Å². The minimum atomic E-state index is 0.606. The zero-order valence-corrected chi connectivity index (χ0v) is 10.5. The molecule has 1 aliphatic rings. The molecule has 2 rings (SSSR count). The smallest absolute Gasteiger partial charge is 0.150 e. The van der Waals surface area contributed by atoms with Crippen LogP contribution in [0, 0.1) is 0 Å². The fraction of sp³-hybridized carbons (Fsp3) is 0.562. The topological polar surface area (TPSA) is 17.1 Å². The third kappa shape index (κ3) is 3.42. The molecular weight excluding hydrogens is 208 g/mol. The molecule has 1 aliphatic carbocycles. The second kappa shape index (κ2) is 6.58. The fourth-order valence-electron chi connectivity index (χ4n) is 2.93. The van der Waals surface area contributed by atoms with Crippen molar-refractivity contribution in [3.05, 3.63) is 35.4 Å². The third-order valence-electron chi connectivity index (χ3n) is 3.92. The number of aldehydes is 1. The number of carbonyl (C=O) groups excluding carboxylic acids is 1. The molecule has 0 unspecified atom stereocenters. The van der Waals surface area contributed by atoms with Crippen LogP contribution in [0.1, 0.15) is 73.2 Å². The van der Waals surface area contributed by atoms with Gasteiger partial charge >= 0.3 is 0 Å². The Balaban J connectivity index is 2.14. The van der Waals surface area contributed by atoms with Crippen molar-refractivity contribution in [2.75, 3.05) is 0 Å². The highest BCUT2D eigenvalue weighted by Crippen LogP contribution is 2.31. The van der Waals surface area contributed by atoms with Gasteiger partial charge in [-0.3, -0.25) is 4.79 Å². The summed E-state index contributed by atoms with van der Waals surface area (Å²) in [6.07, 6.45) is 11.7. The molecule has 0 atom stereocenters. The lowest BCUT2D eigenvalue weighted by molar-refractivity contribution is 0.112. The summed E-state index contributed by atoms with van der Waals surface area (Å²) in [5, 5.41) is 0. The molecule has 0 aromatic heterocycles. The number of rotatable bonds is 2. The van der Waals surface area contributed by atoms with Gasteiger partial charge in [-0.25, -0.2) is 0 Å². The van der Waals surface area contributed by atoms with Gasteiger partial charge in [0.25, 0.3) is 0 Å². The van der Waals surface area contributed by atoms with Crippen molar-refractivity contribution >= 4 is 6.29 Å². The summed E-state index contributed by atoms with van der Waals surface area (Å²) >= 11 is 0. The second-order valence-corrected chi connectivity index (χ2v) is 5.14. The van der Waals surface area contributed by atoms with E-state index in [1.165, 1.54) is 56.9 Å². The summed E-state index contributed by atoms with van der Waals surface area (Å²) in [4.78, 5) is 11.1. The van der Waals surface area contributed by atoms with Gasteiger partial charge in [-0.1, -0.05) is 62.8 Å². The Morgan fingerprint density at radius 1 is 0.882 bits per heavy atom. The van der Waals surface area contributed by atoms with Crippen LogP contribution in [-0.4, -0.2) is 6.29 Å². The highest BCUT2D eigenvalue weighted by atomic mass is 16.1. The van der Waals surface area contributed by atoms with Crippen LogP contribution in [-0.2, 0) is 0 Å². The number of hydrogen-bond acceptors (Lipinski definition) is 1. The van der Waals surface area contributed by atoms with Crippen molar-refractivity contribution in [3.63, 3.8) is 0 Å². The van der Waals surface area contributed by atoms with E-state index in [0.29, 0.717) is 5.92 Å². The average Bonchev–Trinajstić information content (AvgIpc) is 2.52. The highest BCUT2D eigenvalue weighted by Gasteiger charge is 2.15. The predicted molar refractivity (Wildman–Crippen MR) is 71.5 cm³/mol. The first kappa shape index (κ1) is 12.3. The number of hydrogen-bond donors (Lipinski definition) is 0. The van der Waals surface area contributed by atoms with E-state index in [-0.39, 0.29) is 0 Å². The summed E-state index contributed by atoms with van der Waals surface area (Å²) in [7, 11) is 0. The molecule has 0 saturated heterocycles. The molecule has 1 aromatic rings. The molecule has 0 N–H and O–H groups in total. The molecule has 1 heteroatoms. The van der Waals surface area contributed by atoms with E-state index in [9.17, 15) is 4.79 Å². The monoisotopic (exact) mass is 230 g/mol. The largest absolute Gasteiger partial charge is 0.298 e. The molecule has 0 bridgehead atoms. The summed E-state index contributed by atoms with van der Waals surface area (Å²) in [5.74, 6) is 0.606. The van der Waals surface area contributed by atoms with Gasteiger partial charge in [0.05, 0.1) is 0 Å². The van der Waals surface area contributed by atoms with Gasteiger partial charge in [0.2, 0.25) is 0 Å². The van der Waals surface area contributed by atoms with E-state index in [2.05, 4.69) is 12.1 Å². The molecule has 92 valence electrons. The second-order valence-electron chi connectivity index (χ2n) is 5.14. The third-order valence-corrected chi connectivity index (χ3v) is 3.92. The molecule has 1 saturated carbocycles. The Bertz CT molecular complexity index is 346. The average molecular weight is 230 g/mol. The normalized spacial score (nSPS) is 19.1. The highest BCUT2D eigenvalue weighted by molar-refractivity contribution is 5.77. The van der Waals surface area contributed by atoms with Crippen LogP contribution in [0.4, 0.5) is 0 Å². The van der Waals surface area contributed by atoms with Crippen LogP contribution in [0.3, 0.4) is 0 Å². The first-order chi connectivity index (χ1) is 8.42. The summed E-state index contributed by atoms with van der Waals surface area (Å²) in [5.41, 5.74) is 2.18. The lowest BCUT2D eigenvalue weighted by Crippen LogP contribution is -2.02. The molecule has 1 fully saturated rings. The molecule has 17 heavy (non-hydrogen) atoms. The van der Waals surface area contributed by atoms with E-state index >= 15 is 0 Å². The van der Waals surface area contributed by atoms with Gasteiger partial charge in [0.15, 0.2) is 0 Å². The van der Waals surface area contributed by atoms with Crippen LogP contribution in [0.5, 0.6) is 0 Å². The Kier molecular flexibility index (Phi) is 4.78. The quantitative estimate of drug-likeness (QED) is 0.672. The van der Waals surface area contributed by atoms with Crippen molar-refractivity contribution in [3.8, 4) is 0 Å². The molecule has 1 nitrogen and oxygen atoms in total. The standard InChI is InChI=1S/C16H22O/c17-13-15-11-7-8-12-16(15)14-9-5-3-1-2-4-6-10-14/h7-8,11-14H,1-6,9-10H2. The minimum absolute atomic E-state index is 0.606. The molecule has 1 aromatic carbocycles. The Labute approximate surface area is 104 Å². The maximum Gasteiger partial charge on any atom is 0.150 e. The first-order valence-electron chi connectivity index (χ1n) is 6.96. The number of benzene rings is 1. The van der Waals surface area contributed by atoms with Gasteiger partial charge in [0, 0.05) is 5.56 Å². The molecule has 0 radical (unpaired) electrons. The van der Waals surface area contributed by atoms with Gasteiger partial charge < -0.3 is 0 Å². The van der Waals surface area contributed by atoms with Crippen molar-refractivity contribution in [2.45, 2.75) is 57.3 Å². The molecule has 0 amide bonds. The molecular formula is C16H22O. The van der Waals surface area contributed by atoms with E-state index < -0.39 is 0 Å². The van der Waals surface area contributed by atoms with Crippen molar-refractivity contribution in [1.82, 2.24) is 0 Å². The molecule has 0 spiro atoms. The van der Waals surface area contributed by atoms with Gasteiger partial charge in [-0.05, 0) is 24.3 Å². The Hall–Kier alpha value is -1.11. The lowest BCUT2D eigenvalue weighted by Gasteiger charge is -2.18. The van der Waals surface area contributed by atoms with Crippen molar-refractivity contribution in [1.29, 1.82) is 0 Å². The van der Waals surface area contributed by atoms with Crippen LogP contribution >= 0.6 is 0 Å². The molecule has 0 aliphatic heterocycles. The van der Waals surface area contributed by atoms with Gasteiger partial charge in [-0.2, -0.15) is 0 Å². The van der Waals surface area contributed by atoms with E-state index in [0.717, 1.165) is 11.8 Å². The summed E-state index contributed by atoms with van der Waals surface area (Å²) in [6.45, 7) is 0. The minimum Gasteiger partial charge on any atom is -0.298 e. The summed E-state index contributed by atoms with van der Waals surface area (Å²) < 4.78 is 0. The zero-order chi connectivity index (χ0) is 11.9. The molecule has 0 heterocycles. The lowest BCUT2D eigenvalue weighted by atomic mass is 9.87. The van der Waals surface area contributed by atoms with Crippen LogP contribution in [0.2, 0.25) is 0 Å². The van der Waals surface area contributed by atoms with Gasteiger partial charge in [0.1, 0.15) is 6.29 Å². The Morgan fingerprint density at radius 3 is 2.12 bits per heavy atom. The van der Waals surface area contributed by atoms with Crippen LogP contribution in [0.15, 0.2) is 24.3 Å². The SMILES string of the molecule is O=Cc1ccccc1C1CCCCCCCC1. The van der Waals surface area contributed by atoms with Crippen LogP contribution < -0.4 is 0 Å². The fourth-order valence-corrected chi connectivity index (χ4v) is 2.93. The van der Waals surface area contributed by atoms with Gasteiger partial charge in [-0.15, -0.1) is 0 Å². The van der Waals surface area contributed by atoms with E-state index in [4.69, 9.17) is 0 Å². The van der Waals surface area contributed by atoms with Crippen molar-refractivity contribution in [2.24, 2.45) is 0 Å². The first-order valence-corrected chi connectivity index (χ1v) is 6.96. The maximum absolute atomic E-state index is 11.1. The predicted octanol–water partition coefficient (Wildman–Crippen LogP) is 4.72. The summed E-state index contributed by atoms with van der Waals surface area (Å²) in [6, 6.07) is 8.12.